The molecule has 0 aromatic carbocycles. The minimum absolute atomic E-state index is 0. The quantitative estimate of drug-likeness (QED) is 0.774. The van der Waals surface area contributed by atoms with Gasteiger partial charge in [0.05, 0.1) is 12.5 Å². The van der Waals surface area contributed by atoms with E-state index in [1.54, 1.807) is 13.3 Å². The zero-order valence-corrected chi connectivity index (χ0v) is 14.2. The van der Waals surface area contributed by atoms with E-state index >= 15 is 0 Å². The van der Waals surface area contributed by atoms with E-state index in [1.807, 2.05) is 31.1 Å². The number of hydrogen-bond acceptors (Lipinski definition) is 5. The third-order valence-electron chi connectivity index (χ3n) is 2.78. The number of nitrogens with two attached hydrogens (primary N) is 1. The van der Waals surface area contributed by atoms with Crippen molar-refractivity contribution in [2.45, 2.75) is 19.1 Å². The number of methoxy groups -OCH3 is 1. The number of nitrogens with zero attached hydrogens (tertiary/aromatic N) is 2. The van der Waals surface area contributed by atoms with E-state index in [0.29, 0.717) is 13.1 Å². The number of halogens is 2. The Morgan fingerprint density at radius 2 is 2.14 bits per heavy atom. The summed E-state index contributed by atoms with van der Waals surface area (Å²) >= 11 is 0. The molecule has 6 nitrogen and oxygen atoms in total. The number of carbonyl (C=O) groups excluding carboxylic acids is 1. The van der Waals surface area contributed by atoms with Gasteiger partial charge in [0.15, 0.2) is 0 Å². The van der Waals surface area contributed by atoms with Crippen molar-refractivity contribution in [2.24, 2.45) is 5.73 Å². The van der Waals surface area contributed by atoms with Gasteiger partial charge in [-0.2, -0.15) is 0 Å². The lowest BCUT2D eigenvalue weighted by molar-refractivity contribution is -0.123. The van der Waals surface area contributed by atoms with Gasteiger partial charge in [-0.25, -0.2) is 4.98 Å². The van der Waals surface area contributed by atoms with Gasteiger partial charge in [0.25, 0.3) is 0 Å². The monoisotopic (exact) mass is 338 g/mol. The van der Waals surface area contributed by atoms with Crippen molar-refractivity contribution in [3.8, 4) is 0 Å². The molecule has 3 N–H and O–H groups in total. The van der Waals surface area contributed by atoms with Crippen LogP contribution >= 0.6 is 24.8 Å². The van der Waals surface area contributed by atoms with Crippen LogP contribution in [0.1, 0.15) is 12.0 Å². The fourth-order valence-corrected chi connectivity index (χ4v) is 1.71. The van der Waals surface area contributed by atoms with Crippen molar-refractivity contribution in [1.29, 1.82) is 0 Å². The van der Waals surface area contributed by atoms with Gasteiger partial charge in [-0.05, 0) is 6.07 Å². The normalized spacial score (nSPS) is 10.9. The summed E-state index contributed by atoms with van der Waals surface area (Å²) in [5.41, 5.74) is 6.46. The molecule has 0 aliphatic heterocycles. The lowest BCUT2D eigenvalue weighted by Crippen LogP contribution is -2.32. The topological polar surface area (TPSA) is 80.5 Å². The largest absolute Gasteiger partial charge is 0.380 e. The maximum atomic E-state index is 11.7. The Hall–Kier alpha value is -1.08. The van der Waals surface area contributed by atoms with Crippen LogP contribution in [0.3, 0.4) is 0 Å². The Bertz CT molecular complexity index is 415. The molecule has 0 saturated carbocycles. The van der Waals surface area contributed by atoms with Crippen molar-refractivity contribution < 1.29 is 9.53 Å². The molecule has 122 valence electrons. The summed E-state index contributed by atoms with van der Waals surface area (Å²) in [6.07, 6.45) is 1.77. The highest BCUT2D eigenvalue weighted by molar-refractivity contribution is 5.85. The maximum Gasteiger partial charge on any atom is 0.222 e. The first-order chi connectivity index (χ1) is 9.08. The highest BCUT2D eigenvalue weighted by Crippen LogP contribution is 2.13. The van der Waals surface area contributed by atoms with Gasteiger partial charge < -0.3 is 20.7 Å². The van der Waals surface area contributed by atoms with Crippen LogP contribution in [0, 0.1) is 0 Å². The minimum Gasteiger partial charge on any atom is -0.380 e. The molecule has 0 saturated heterocycles. The first-order valence-corrected chi connectivity index (χ1v) is 6.19. The first-order valence-electron chi connectivity index (χ1n) is 6.19. The van der Waals surface area contributed by atoms with Crippen molar-refractivity contribution in [1.82, 2.24) is 10.3 Å². The molecule has 0 spiro atoms. The lowest BCUT2D eigenvalue weighted by atomic mass is 10.2. The molecule has 21 heavy (non-hydrogen) atoms. The van der Waals surface area contributed by atoms with Crippen LogP contribution in [-0.2, 0) is 16.1 Å². The Balaban J connectivity index is 0. The van der Waals surface area contributed by atoms with Gasteiger partial charge in [-0.1, -0.05) is 6.07 Å². The molecule has 1 heterocycles. The average molecular weight is 339 g/mol. The van der Waals surface area contributed by atoms with Gasteiger partial charge in [0, 0.05) is 46.1 Å². The van der Waals surface area contributed by atoms with Gasteiger partial charge in [-0.3, -0.25) is 4.79 Å². The summed E-state index contributed by atoms with van der Waals surface area (Å²) in [5, 5.41) is 2.85. The van der Waals surface area contributed by atoms with Crippen LogP contribution in [0.5, 0.6) is 0 Å². The predicted octanol–water partition coefficient (Wildman–Crippen LogP) is 0.971. The number of pyridine rings is 1. The molecule has 0 bridgehead atoms. The van der Waals surface area contributed by atoms with Crippen LogP contribution in [0.2, 0.25) is 0 Å². The Morgan fingerprint density at radius 1 is 1.48 bits per heavy atom. The van der Waals surface area contributed by atoms with E-state index in [9.17, 15) is 4.79 Å². The first kappa shape index (κ1) is 22.2. The lowest BCUT2D eigenvalue weighted by Gasteiger charge is -2.17. The van der Waals surface area contributed by atoms with Crippen molar-refractivity contribution in [2.75, 3.05) is 32.6 Å². The Morgan fingerprint density at radius 3 is 2.67 bits per heavy atom. The number of nitrogens with one attached hydrogen (secondary N) is 1. The molecule has 1 amide bonds. The number of ether oxygens (including phenoxy) is 1. The molecule has 1 rings (SSSR count). The van der Waals surface area contributed by atoms with E-state index in [-0.39, 0.29) is 43.2 Å². The van der Waals surface area contributed by atoms with Crippen LogP contribution in [-0.4, -0.2) is 44.7 Å². The number of aromatic nitrogens is 1. The fourth-order valence-electron chi connectivity index (χ4n) is 1.71. The average Bonchev–Trinajstić information content (AvgIpc) is 2.42. The fraction of sp³-hybridized carbons (Fsp3) is 0.538. The van der Waals surface area contributed by atoms with E-state index in [2.05, 4.69) is 10.3 Å². The third kappa shape index (κ3) is 7.47. The second kappa shape index (κ2) is 11.6. The van der Waals surface area contributed by atoms with E-state index in [0.717, 1.165) is 11.4 Å². The van der Waals surface area contributed by atoms with E-state index in [1.165, 1.54) is 0 Å². The number of anilines is 1. The molecular formula is C13H24Cl2N4O2. The molecule has 1 aromatic heterocycles. The second-order valence-electron chi connectivity index (χ2n) is 4.45. The smallest absolute Gasteiger partial charge is 0.222 e. The van der Waals surface area contributed by atoms with Crippen molar-refractivity contribution >= 4 is 36.5 Å². The third-order valence-corrected chi connectivity index (χ3v) is 2.78. The molecule has 1 unspecified atom stereocenters. The Labute approximate surface area is 138 Å². The number of carbonyl (C=O) groups is 1. The predicted molar refractivity (Wildman–Crippen MR) is 89.4 cm³/mol. The van der Waals surface area contributed by atoms with Crippen molar-refractivity contribution in [3.05, 3.63) is 23.9 Å². The summed E-state index contributed by atoms with van der Waals surface area (Å²) in [4.78, 5) is 17.9. The molecule has 1 aromatic rings. The number of rotatable bonds is 7. The van der Waals surface area contributed by atoms with Crippen LogP contribution in [0.4, 0.5) is 5.82 Å². The SMILES string of the molecule is COC(CN)CC(=O)NCc1cccnc1N(C)C.Cl.Cl. The molecule has 0 radical (unpaired) electrons. The van der Waals surface area contributed by atoms with E-state index in [4.69, 9.17) is 10.5 Å². The summed E-state index contributed by atoms with van der Waals surface area (Å²) in [6.45, 7) is 0.779. The zero-order valence-electron chi connectivity index (χ0n) is 12.5. The van der Waals surface area contributed by atoms with Crippen LogP contribution in [0.15, 0.2) is 18.3 Å². The second-order valence-corrected chi connectivity index (χ2v) is 4.45. The summed E-state index contributed by atoms with van der Waals surface area (Å²) in [6, 6.07) is 3.80. The summed E-state index contributed by atoms with van der Waals surface area (Å²) in [7, 11) is 5.39. The number of hydrogen-bond donors (Lipinski definition) is 2. The van der Waals surface area contributed by atoms with Gasteiger partial charge in [0.1, 0.15) is 5.82 Å². The Kier molecular flexibility index (Phi) is 12.2. The number of amides is 1. The maximum absolute atomic E-state index is 11.7. The van der Waals surface area contributed by atoms with Crippen LogP contribution in [0.25, 0.3) is 0 Å². The highest BCUT2D eigenvalue weighted by Gasteiger charge is 2.12. The molecule has 0 aliphatic rings. The minimum atomic E-state index is -0.234. The van der Waals surface area contributed by atoms with Gasteiger partial charge in [0.2, 0.25) is 5.91 Å². The van der Waals surface area contributed by atoms with Crippen molar-refractivity contribution in [3.63, 3.8) is 0 Å². The molecule has 1 atom stereocenters. The summed E-state index contributed by atoms with van der Waals surface area (Å²) in [5.74, 6) is 0.774. The standard InChI is InChI=1S/C13H22N4O2.2ClH/c1-17(2)13-10(5-4-6-15-13)9-16-12(18)7-11(8-14)19-3;;/h4-6,11H,7-9,14H2,1-3H3,(H,16,18);2*1H. The molecular weight excluding hydrogens is 315 g/mol. The highest BCUT2D eigenvalue weighted by atomic mass is 35.5. The molecule has 8 heteroatoms. The van der Waals surface area contributed by atoms with Gasteiger partial charge in [-0.15, -0.1) is 24.8 Å². The molecule has 0 fully saturated rings. The van der Waals surface area contributed by atoms with E-state index < -0.39 is 0 Å². The van der Waals surface area contributed by atoms with Gasteiger partial charge >= 0.3 is 0 Å². The zero-order chi connectivity index (χ0) is 14.3. The molecule has 0 aliphatic carbocycles. The van der Waals surface area contributed by atoms with Crippen LogP contribution < -0.4 is 16.0 Å². The summed E-state index contributed by atoms with van der Waals surface area (Å²) < 4.78 is 5.08.